The molecule has 1 aliphatic heterocycles. The Balaban J connectivity index is 0.00000400. The van der Waals surface area contributed by atoms with Gasteiger partial charge >= 0.3 is 6.09 Å². The van der Waals surface area contributed by atoms with E-state index in [1.54, 1.807) is 0 Å². The maximum atomic E-state index is 11.4. The number of hydrogen-bond donors (Lipinski definition) is 2. The highest BCUT2D eigenvalue weighted by Crippen LogP contribution is 2.08. The van der Waals surface area contributed by atoms with Gasteiger partial charge in [0.15, 0.2) is 5.96 Å². The van der Waals surface area contributed by atoms with Gasteiger partial charge in [0.25, 0.3) is 0 Å². The van der Waals surface area contributed by atoms with Crippen LogP contribution in [0.4, 0.5) is 4.79 Å². The summed E-state index contributed by atoms with van der Waals surface area (Å²) in [6.45, 7) is 8.62. The first kappa shape index (κ1) is 20.6. The molecule has 6 nitrogen and oxygen atoms in total. The van der Waals surface area contributed by atoms with Crippen molar-refractivity contribution < 1.29 is 9.53 Å². The van der Waals surface area contributed by atoms with Gasteiger partial charge in [-0.1, -0.05) is 0 Å². The van der Waals surface area contributed by atoms with Crippen LogP contribution in [0.3, 0.4) is 0 Å². The molecule has 21 heavy (non-hydrogen) atoms. The number of guanidine groups is 1. The SMILES string of the molecule is CC(C)(C)OC(=O)NCCCN=C(N)N1CCSCC1.I. The number of hydrogen-bond acceptors (Lipinski definition) is 4. The molecule has 1 amide bonds. The zero-order chi connectivity index (χ0) is 15.0. The fraction of sp³-hybridized carbons (Fsp3) is 0.846. The second-order valence-corrected chi connectivity index (χ2v) is 6.85. The number of nitrogens with one attached hydrogen (secondary N) is 1. The van der Waals surface area contributed by atoms with Crippen LogP contribution in [-0.2, 0) is 4.74 Å². The zero-order valence-electron chi connectivity index (χ0n) is 13.1. The Morgan fingerprint density at radius 2 is 2.00 bits per heavy atom. The van der Waals surface area contributed by atoms with Crippen LogP contribution in [0.5, 0.6) is 0 Å². The normalized spacial score (nSPS) is 16.1. The number of rotatable bonds is 4. The lowest BCUT2D eigenvalue weighted by atomic mass is 10.2. The van der Waals surface area contributed by atoms with Gasteiger partial charge in [0.2, 0.25) is 0 Å². The van der Waals surface area contributed by atoms with Crippen LogP contribution < -0.4 is 11.1 Å². The van der Waals surface area contributed by atoms with Crippen LogP contribution in [0, 0.1) is 0 Å². The molecular formula is C13H27IN4O2S. The number of carbonyl (C=O) groups excluding carboxylic acids is 1. The summed E-state index contributed by atoms with van der Waals surface area (Å²) in [7, 11) is 0. The van der Waals surface area contributed by atoms with Crippen LogP contribution >= 0.6 is 35.7 Å². The van der Waals surface area contributed by atoms with Crippen molar-refractivity contribution in [3.05, 3.63) is 0 Å². The van der Waals surface area contributed by atoms with Crippen molar-refractivity contribution in [2.45, 2.75) is 32.8 Å². The van der Waals surface area contributed by atoms with Crippen LogP contribution in [0.15, 0.2) is 4.99 Å². The maximum absolute atomic E-state index is 11.4. The number of thioether (sulfide) groups is 1. The second-order valence-electron chi connectivity index (χ2n) is 5.62. The van der Waals surface area contributed by atoms with E-state index in [1.165, 1.54) is 0 Å². The largest absolute Gasteiger partial charge is 0.444 e. The van der Waals surface area contributed by atoms with E-state index in [-0.39, 0.29) is 30.1 Å². The molecule has 0 aliphatic carbocycles. The predicted molar refractivity (Wildman–Crippen MR) is 99.7 cm³/mol. The summed E-state index contributed by atoms with van der Waals surface area (Å²) < 4.78 is 5.14. The minimum Gasteiger partial charge on any atom is -0.444 e. The van der Waals surface area contributed by atoms with Gasteiger partial charge in [-0.25, -0.2) is 4.79 Å². The molecule has 3 N–H and O–H groups in total. The molecule has 0 saturated carbocycles. The van der Waals surface area contributed by atoms with E-state index in [4.69, 9.17) is 10.5 Å². The number of halogens is 1. The van der Waals surface area contributed by atoms with Crippen molar-refractivity contribution in [3.8, 4) is 0 Å². The first-order valence-corrected chi connectivity index (χ1v) is 8.13. The number of nitrogens with two attached hydrogens (primary N) is 1. The number of alkyl carbamates (subject to hydrolysis) is 1. The van der Waals surface area contributed by atoms with Crippen molar-refractivity contribution in [3.63, 3.8) is 0 Å². The number of aliphatic imine (C=N–C) groups is 1. The monoisotopic (exact) mass is 430 g/mol. The Kier molecular flexibility index (Phi) is 10.2. The number of nitrogens with zero attached hydrogens (tertiary/aromatic N) is 2. The fourth-order valence-corrected chi connectivity index (χ4v) is 2.57. The number of carbonyl (C=O) groups is 1. The van der Waals surface area contributed by atoms with Gasteiger partial charge in [-0.15, -0.1) is 24.0 Å². The highest BCUT2D eigenvalue weighted by molar-refractivity contribution is 14.0. The van der Waals surface area contributed by atoms with Crippen LogP contribution in [0.2, 0.25) is 0 Å². The smallest absolute Gasteiger partial charge is 0.407 e. The summed E-state index contributed by atoms with van der Waals surface area (Å²) in [4.78, 5) is 17.8. The third-order valence-corrected chi connectivity index (χ3v) is 3.55. The third-order valence-electron chi connectivity index (χ3n) is 2.61. The summed E-state index contributed by atoms with van der Waals surface area (Å²) in [5.41, 5.74) is 5.47. The van der Waals surface area contributed by atoms with Crippen LogP contribution in [0.25, 0.3) is 0 Å². The van der Waals surface area contributed by atoms with E-state index >= 15 is 0 Å². The molecule has 1 heterocycles. The van der Waals surface area contributed by atoms with E-state index in [2.05, 4.69) is 15.2 Å². The van der Waals surface area contributed by atoms with Crippen molar-refractivity contribution in [2.24, 2.45) is 10.7 Å². The number of ether oxygens (including phenoxy) is 1. The fourth-order valence-electron chi connectivity index (χ4n) is 1.67. The van der Waals surface area contributed by atoms with E-state index in [0.29, 0.717) is 19.0 Å². The average Bonchev–Trinajstić information content (AvgIpc) is 2.37. The van der Waals surface area contributed by atoms with Gasteiger partial charge in [0.1, 0.15) is 5.60 Å². The lowest BCUT2D eigenvalue weighted by Crippen LogP contribution is -2.42. The summed E-state index contributed by atoms with van der Waals surface area (Å²) >= 11 is 1.94. The van der Waals surface area contributed by atoms with Gasteiger partial charge in [0, 0.05) is 37.7 Å². The minimum absolute atomic E-state index is 0. The second kappa shape index (κ2) is 10.4. The number of amides is 1. The van der Waals surface area contributed by atoms with Crippen molar-refractivity contribution in [1.29, 1.82) is 0 Å². The van der Waals surface area contributed by atoms with E-state index in [0.717, 1.165) is 31.0 Å². The molecule has 8 heteroatoms. The highest BCUT2D eigenvalue weighted by atomic mass is 127. The Bertz CT molecular complexity index is 342. The molecule has 0 aromatic heterocycles. The Morgan fingerprint density at radius 1 is 1.38 bits per heavy atom. The molecule has 0 spiro atoms. The van der Waals surface area contributed by atoms with Gasteiger partial charge in [0.05, 0.1) is 0 Å². The standard InChI is InChI=1S/C13H26N4O2S.HI/c1-13(2,3)19-12(18)16-6-4-5-15-11(14)17-7-9-20-10-8-17;/h4-10H2,1-3H3,(H2,14,15)(H,16,18);1H. The summed E-state index contributed by atoms with van der Waals surface area (Å²) in [6.07, 6.45) is 0.366. The quantitative estimate of drug-likeness (QED) is 0.308. The molecule has 0 aromatic carbocycles. The predicted octanol–water partition coefficient (Wildman–Crippen LogP) is 1.88. The van der Waals surface area contributed by atoms with Crippen molar-refractivity contribution in [2.75, 3.05) is 37.7 Å². The maximum Gasteiger partial charge on any atom is 0.407 e. The average molecular weight is 430 g/mol. The molecule has 1 saturated heterocycles. The first-order chi connectivity index (χ1) is 9.38. The van der Waals surface area contributed by atoms with Crippen molar-refractivity contribution in [1.82, 2.24) is 10.2 Å². The molecule has 0 atom stereocenters. The zero-order valence-corrected chi connectivity index (χ0v) is 16.2. The first-order valence-electron chi connectivity index (χ1n) is 6.98. The van der Waals surface area contributed by atoms with Crippen LogP contribution in [-0.4, -0.2) is 60.2 Å². The Hall–Kier alpha value is -0.380. The van der Waals surface area contributed by atoms with Crippen molar-refractivity contribution >= 4 is 47.8 Å². The Labute approximate surface area is 148 Å². The van der Waals surface area contributed by atoms with Gasteiger partial charge in [-0.05, 0) is 27.2 Å². The minimum atomic E-state index is -0.459. The summed E-state index contributed by atoms with van der Waals surface area (Å²) in [5.74, 6) is 2.83. The van der Waals surface area contributed by atoms with Gasteiger partial charge in [-0.3, -0.25) is 4.99 Å². The van der Waals surface area contributed by atoms with E-state index < -0.39 is 5.60 Å². The van der Waals surface area contributed by atoms with E-state index in [9.17, 15) is 4.79 Å². The lowest BCUT2D eigenvalue weighted by molar-refractivity contribution is 0.0527. The molecule has 1 rings (SSSR count). The van der Waals surface area contributed by atoms with Crippen LogP contribution in [0.1, 0.15) is 27.2 Å². The molecule has 0 radical (unpaired) electrons. The molecule has 1 aliphatic rings. The Morgan fingerprint density at radius 3 is 2.57 bits per heavy atom. The topological polar surface area (TPSA) is 79.9 Å². The summed E-state index contributed by atoms with van der Waals surface area (Å²) in [6, 6.07) is 0. The van der Waals surface area contributed by atoms with Gasteiger partial charge < -0.3 is 20.7 Å². The molecule has 1 fully saturated rings. The molecule has 0 unspecified atom stereocenters. The lowest BCUT2D eigenvalue weighted by Gasteiger charge is -2.27. The van der Waals surface area contributed by atoms with Gasteiger partial charge in [-0.2, -0.15) is 11.8 Å². The van der Waals surface area contributed by atoms with E-state index in [1.807, 2.05) is 32.5 Å². The highest BCUT2D eigenvalue weighted by Gasteiger charge is 2.15. The molecule has 0 bridgehead atoms. The molecular weight excluding hydrogens is 403 g/mol. The summed E-state index contributed by atoms with van der Waals surface area (Å²) in [5, 5.41) is 2.70. The molecule has 0 aromatic rings. The molecule has 124 valence electrons. The third kappa shape index (κ3) is 10.0.